The quantitative estimate of drug-likeness (QED) is 0.758. The maximum atomic E-state index is 11.4. The predicted molar refractivity (Wildman–Crippen MR) is 69.9 cm³/mol. The fourth-order valence-corrected chi connectivity index (χ4v) is 1.52. The van der Waals surface area contributed by atoms with Crippen LogP contribution in [-0.4, -0.2) is 33.7 Å². The Balaban J connectivity index is 2.55. The number of hydrogen-bond donors (Lipinski definition) is 2. The largest absolute Gasteiger partial charge is 0.493 e. The first-order valence-electron chi connectivity index (χ1n) is 5.83. The highest BCUT2D eigenvalue weighted by Gasteiger charge is 2.05. The van der Waals surface area contributed by atoms with Gasteiger partial charge in [-0.3, -0.25) is 4.79 Å². The number of nitrogens with one attached hydrogen (secondary N) is 2. The summed E-state index contributed by atoms with van der Waals surface area (Å²) in [7, 11) is 5.01. The van der Waals surface area contributed by atoms with Crippen molar-refractivity contribution in [3.8, 4) is 11.5 Å². The molecule has 5 heteroatoms. The van der Waals surface area contributed by atoms with E-state index in [-0.39, 0.29) is 5.91 Å². The van der Waals surface area contributed by atoms with E-state index in [9.17, 15) is 4.79 Å². The number of methoxy groups -OCH3 is 2. The molecule has 0 aliphatic rings. The van der Waals surface area contributed by atoms with Crippen LogP contribution in [0.25, 0.3) is 0 Å². The summed E-state index contributed by atoms with van der Waals surface area (Å²) in [5.41, 5.74) is 0.977. The van der Waals surface area contributed by atoms with Crippen molar-refractivity contribution in [2.45, 2.75) is 13.0 Å². The van der Waals surface area contributed by atoms with E-state index in [0.29, 0.717) is 31.0 Å². The van der Waals surface area contributed by atoms with Crippen molar-refractivity contribution < 1.29 is 14.3 Å². The number of benzene rings is 1. The lowest BCUT2D eigenvalue weighted by Gasteiger charge is -2.10. The van der Waals surface area contributed by atoms with Crippen LogP contribution in [0.3, 0.4) is 0 Å². The molecule has 1 aromatic carbocycles. The molecule has 18 heavy (non-hydrogen) atoms. The van der Waals surface area contributed by atoms with Crippen molar-refractivity contribution in [2.24, 2.45) is 0 Å². The van der Waals surface area contributed by atoms with E-state index in [2.05, 4.69) is 10.6 Å². The summed E-state index contributed by atoms with van der Waals surface area (Å²) < 4.78 is 10.4. The second-order valence-corrected chi connectivity index (χ2v) is 3.82. The van der Waals surface area contributed by atoms with Gasteiger partial charge in [-0.2, -0.15) is 0 Å². The molecule has 0 saturated heterocycles. The molecule has 0 atom stereocenters. The third-order valence-corrected chi connectivity index (χ3v) is 2.54. The highest BCUT2D eigenvalue weighted by Crippen LogP contribution is 2.27. The van der Waals surface area contributed by atoms with Crippen LogP contribution in [0.15, 0.2) is 18.2 Å². The molecule has 0 aliphatic heterocycles. The minimum absolute atomic E-state index is 0.0270. The van der Waals surface area contributed by atoms with Gasteiger partial charge in [0.2, 0.25) is 5.91 Å². The van der Waals surface area contributed by atoms with Gasteiger partial charge in [0.25, 0.3) is 0 Å². The second-order valence-electron chi connectivity index (χ2n) is 3.82. The first-order chi connectivity index (χ1) is 8.71. The SMILES string of the molecule is CNCCC(=O)NCc1ccc(OC)c(OC)c1. The van der Waals surface area contributed by atoms with Crippen molar-refractivity contribution in [1.82, 2.24) is 10.6 Å². The molecule has 100 valence electrons. The Morgan fingerprint density at radius 1 is 1.22 bits per heavy atom. The molecule has 0 heterocycles. The smallest absolute Gasteiger partial charge is 0.221 e. The average Bonchev–Trinajstić information content (AvgIpc) is 2.42. The molecule has 2 N–H and O–H groups in total. The Kier molecular flexibility index (Phi) is 6.00. The summed E-state index contributed by atoms with van der Waals surface area (Å²) in [5.74, 6) is 1.38. The summed E-state index contributed by atoms with van der Waals surface area (Å²) >= 11 is 0. The third-order valence-electron chi connectivity index (χ3n) is 2.54. The minimum atomic E-state index is 0.0270. The molecule has 0 spiro atoms. The maximum Gasteiger partial charge on any atom is 0.221 e. The molecule has 0 unspecified atom stereocenters. The molecular formula is C13H20N2O3. The van der Waals surface area contributed by atoms with Crippen molar-refractivity contribution in [1.29, 1.82) is 0 Å². The number of amides is 1. The normalized spacial score (nSPS) is 9.94. The summed E-state index contributed by atoms with van der Waals surface area (Å²) in [6.07, 6.45) is 0.476. The standard InChI is InChI=1S/C13H20N2O3/c1-14-7-6-13(16)15-9-10-4-5-11(17-2)12(8-10)18-3/h4-5,8,14H,6-7,9H2,1-3H3,(H,15,16). The Labute approximate surface area is 107 Å². The van der Waals surface area contributed by atoms with Crippen LogP contribution in [0, 0.1) is 0 Å². The lowest BCUT2D eigenvalue weighted by Crippen LogP contribution is -2.26. The highest BCUT2D eigenvalue weighted by atomic mass is 16.5. The van der Waals surface area contributed by atoms with E-state index < -0.39 is 0 Å². The van der Waals surface area contributed by atoms with E-state index in [1.807, 2.05) is 25.2 Å². The van der Waals surface area contributed by atoms with E-state index in [1.54, 1.807) is 14.2 Å². The fraction of sp³-hybridized carbons (Fsp3) is 0.462. The van der Waals surface area contributed by atoms with Crippen LogP contribution < -0.4 is 20.1 Å². The Morgan fingerprint density at radius 2 is 1.94 bits per heavy atom. The number of ether oxygens (including phenoxy) is 2. The van der Waals surface area contributed by atoms with Gasteiger partial charge in [0.1, 0.15) is 0 Å². The summed E-state index contributed by atoms with van der Waals surface area (Å²) in [6.45, 7) is 1.17. The second kappa shape index (κ2) is 7.55. The lowest BCUT2D eigenvalue weighted by molar-refractivity contribution is -0.121. The van der Waals surface area contributed by atoms with Gasteiger partial charge < -0.3 is 20.1 Å². The Morgan fingerprint density at radius 3 is 2.56 bits per heavy atom. The molecular weight excluding hydrogens is 232 g/mol. The molecule has 1 aromatic rings. The first-order valence-corrected chi connectivity index (χ1v) is 5.83. The zero-order valence-corrected chi connectivity index (χ0v) is 11.1. The van der Waals surface area contributed by atoms with Crippen LogP contribution in [0.4, 0.5) is 0 Å². The van der Waals surface area contributed by atoms with E-state index in [1.165, 1.54) is 0 Å². The number of hydrogen-bond acceptors (Lipinski definition) is 4. The van der Waals surface area contributed by atoms with E-state index in [0.717, 1.165) is 5.56 Å². The molecule has 0 radical (unpaired) electrons. The molecule has 5 nitrogen and oxygen atoms in total. The first kappa shape index (κ1) is 14.3. The zero-order chi connectivity index (χ0) is 13.4. The van der Waals surface area contributed by atoms with Gasteiger partial charge >= 0.3 is 0 Å². The van der Waals surface area contributed by atoms with Crippen molar-refractivity contribution in [3.05, 3.63) is 23.8 Å². The average molecular weight is 252 g/mol. The number of carbonyl (C=O) groups excluding carboxylic acids is 1. The monoisotopic (exact) mass is 252 g/mol. The van der Waals surface area contributed by atoms with Crippen LogP contribution in [0.2, 0.25) is 0 Å². The fourth-order valence-electron chi connectivity index (χ4n) is 1.52. The molecule has 0 fully saturated rings. The Hall–Kier alpha value is -1.75. The van der Waals surface area contributed by atoms with Gasteiger partial charge in [0.05, 0.1) is 14.2 Å². The maximum absolute atomic E-state index is 11.4. The van der Waals surface area contributed by atoms with Crippen LogP contribution in [-0.2, 0) is 11.3 Å². The highest BCUT2D eigenvalue weighted by molar-refractivity contribution is 5.76. The van der Waals surface area contributed by atoms with Crippen LogP contribution in [0.5, 0.6) is 11.5 Å². The third kappa shape index (κ3) is 4.25. The van der Waals surface area contributed by atoms with Gasteiger partial charge in [0, 0.05) is 19.5 Å². The van der Waals surface area contributed by atoms with Gasteiger partial charge in [-0.1, -0.05) is 6.07 Å². The van der Waals surface area contributed by atoms with E-state index >= 15 is 0 Å². The van der Waals surface area contributed by atoms with Gasteiger partial charge in [-0.15, -0.1) is 0 Å². The number of carbonyl (C=O) groups is 1. The van der Waals surface area contributed by atoms with Gasteiger partial charge in [-0.05, 0) is 24.7 Å². The van der Waals surface area contributed by atoms with Crippen LogP contribution in [0.1, 0.15) is 12.0 Å². The Bertz CT molecular complexity index is 394. The molecule has 1 amide bonds. The van der Waals surface area contributed by atoms with Crippen LogP contribution >= 0.6 is 0 Å². The predicted octanol–water partition coefficient (Wildman–Crippen LogP) is 0.929. The summed E-state index contributed by atoms with van der Waals surface area (Å²) in [6, 6.07) is 5.59. The zero-order valence-electron chi connectivity index (χ0n) is 11.1. The minimum Gasteiger partial charge on any atom is -0.493 e. The van der Waals surface area contributed by atoms with Gasteiger partial charge in [0.15, 0.2) is 11.5 Å². The topological polar surface area (TPSA) is 59.6 Å². The number of rotatable bonds is 7. The molecule has 0 bridgehead atoms. The molecule has 0 aromatic heterocycles. The van der Waals surface area contributed by atoms with Crippen molar-refractivity contribution in [2.75, 3.05) is 27.8 Å². The lowest BCUT2D eigenvalue weighted by atomic mass is 10.2. The molecule has 0 saturated carbocycles. The summed E-state index contributed by atoms with van der Waals surface area (Å²) in [4.78, 5) is 11.4. The molecule has 1 rings (SSSR count). The summed E-state index contributed by atoms with van der Waals surface area (Å²) in [5, 5.41) is 5.78. The van der Waals surface area contributed by atoms with Crippen molar-refractivity contribution in [3.63, 3.8) is 0 Å². The van der Waals surface area contributed by atoms with E-state index in [4.69, 9.17) is 9.47 Å². The molecule has 0 aliphatic carbocycles. The van der Waals surface area contributed by atoms with Gasteiger partial charge in [-0.25, -0.2) is 0 Å². The van der Waals surface area contributed by atoms with Crippen molar-refractivity contribution >= 4 is 5.91 Å².